The number of fused-ring (bicyclic) bond motifs is 1. The first-order valence-electron chi connectivity index (χ1n) is 7.21. The number of hydrogen-bond donors (Lipinski definition) is 1. The van der Waals surface area contributed by atoms with Crippen LogP contribution in [-0.2, 0) is 22.6 Å². The van der Waals surface area contributed by atoms with Gasteiger partial charge in [0.2, 0.25) is 0 Å². The van der Waals surface area contributed by atoms with Crippen molar-refractivity contribution >= 4 is 32.8 Å². The second-order valence-corrected chi connectivity index (χ2v) is 5.95. The fraction of sp³-hybridized carbons (Fsp3) is 0.167. The number of ether oxygens (including phenoxy) is 2. The first kappa shape index (κ1) is 15.6. The van der Waals surface area contributed by atoms with Gasteiger partial charge >= 0.3 is 5.97 Å². The lowest BCUT2D eigenvalue weighted by molar-refractivity contribution is -0.144. The number of aromatic amines is 1. The van der Waals surface area contributed by atoms with E-state index in [1.165, 1.54) is 0 Å². The standard InChI is InChI=1S/C18H16BrNO3/c1-22-13-7-8-16-14(9-13)15(18(19)20-16)10-17(21)23-11-12-5-3-2-4-6-12/h2-9,20H,10-11H2,1H3. The number of esters is 1. The number of rotatable bonds is 5. The number of aromatic nitrogens is 1. The number of hydrogen-bond acceptors (Lipinski definition) is 3. The van der Waals surface area contributed by atoms with Gasteiger partial charge in [-0.1, -0.05) is 30.3 Å². The Labute approximate surface area is 142 Å². The van der Waals surface area contributed by atoms with E-state index >= 15 is 0 Å². The lowest BCUT2D eigenvalue weighted by Gasteiger charge is -2.05. The largest absolute Gasteiger partial charge is 0.497 e. The first-order chi connectivity index (χ1) is 11.2. The van der Waals surface area contributed by atoms with Crippen LogP contribution in [0.15, 0.2) is 53.1 Å². The van der Waals surface area contributed by atoms with Crippen molar-refractivity contribution in [2.24, 2.45) is 0 Å². The third-order valence-electron chi connectivity index (χ3n) is 3.62. The van der Waals surface area contributed by atoms with E-state index in [1.807, 2.05) is 48.5 Å². The third-order valence-corrected chi connectivity index (χ3v) is 4.30. The van der Waals surface area contributed by atoms with Gasteiger partial charge in [0.25, 0.3) is 0 Å². The van der Waals surface area contributed by atoms with Crippen molar-refractivity contribution in [3.8, 4) is 5.75 Å². The van der Waals surface area contributed by atoms with Crippen molar-refractivity contribution in [2.75, 3.05) is 7.11 Å². The number of methoxy groups -OCH3 is 1. The number of nitrogens with one attached hydrogen (secondary N) is 1. The number of carbonyl (C=O) groups excluding carboxylic acids is 1. The summed E-state index contributed by atoms with van der Waals surface area (Å²) < 4.78 is 11.4. The second kappa shape index (κ2) is 6.87. The van der Waals surface area contributed by atoms with Crippen LogP contribution < -0.4 is 4.74 Å². The molecule has 2 aromatic carbocycles. The summed E-state index contributed by atoms with van der Waals surface area (Å²) in [4.78, 5) is 15.4. The van der Waals surface area contributed by atoms with E-state index < -0.39 is 0 Å². The Hall–Kier alpha value is -2.27. The third kappa shape index (κ3) is 3.56. The Morgan fingerprint density at radius 1 is 1.17 bits per heavy atom. The molecule has 0 saturated carbocycles. The minimum Gasteiger partial charge on any atom is -0.497 e. The molecule has 1 aromatic heterocycles. The Morgan fingerprint density at radius 2 is 1.96 bits per heavy atom. The Balaban J connectivity index is 1.75. The van der Waals surface area contributed by atoms with Crippen molar-refractivity contribution in [1.29, 1.82) is 0 Å². The highest BCUT2D eigenvalue weighted by Crippen LogP contribution is 2.30. The van der Waals surface area contributed by atoms with E-state index in [9.17, 15) is 4.79 Å². The van der Waals surface area contributed by atoms with Gasteiger partial charge in [0.1, 0.15) is 12.4 Å². The van der Waals surface area contributed by atoms with Crippen LogP contribution in [0.25, 0.3) is 10.9 Å². The van der Waals surface area contributed by atoms with Crippen molar-refractivity contribution < 1.29 is 14.3 Å². The molecule has 5 heteroatoms. The van der Waals surface area contributed by atoms with Gasteiger partial charge in [-0.05, 0) is 39.7 Å². The summed E-state index contributed by atoms with van der Waals surface area (Å²) in [5.41, 5.74) is 2.79. The monoisotopic (exact) mass is 373 g/mol. The topological polar surface area (TPSA) is 51.3 Å². The van der Waals surface area contributed by atoms with Crippen LogP contribution in [0.3, 0.4) is 0 Å². The predicted molar refractivity (Wildman–Crippen MR) is 92.5 cm³/mol. The molecule has 4 nitrogen and oxygen atoms in total. The van der Waals surface area contributed by atoms with Gasteiger partial charge in [0.15, 0.2) is 0 Å². The maximum Gasteiger partial charge on any atom is 0.310 e. The molecule has 0 atom stereocenters. The van der Waals surface area contributed by atoms with Crippen molar-refractivity contribution in [3.63, 3.8) is 0 Å². The molecular weight excluding hydrogens is 358 g/mol. The Bertz CT molecular complexity index is 827. The molecule has 3 rings (SSSR count). The number of carbonyl (C=O) groups is 1. The SMILES string of the molecule is COc1ccc2[nH]c(Br)c(CC(=O)OCc3ccccc3)c2c1. The van der Waals surface area contributed by atoms with Gasteiger partial charge in [-0.2, -0.15) is 0 Å². The van der Waals surface area contributed by atoms with Crippen LogP contribution in [0.4, 0.5) is 0 Å². The van der Waals surface area contributed by atoms with Crippen LogP contribution >= 0.6 is 15.9 Å². The summed E-state index contributed by atoms with van der Waals surface area (Å²) in [7, 11) is 1.62. The molecule has 0 saturated heterocycles. The average molecular weight is 374 g/mol. The van der Waals surface area contributed by atoms with Gasteiger partial charge in [0, 0.05) is 16.5 Å². The van der Waals surface area contributed by atoms with E-state index in [4.69, 9.17) is 9.47 Å². The molecule has 0 aliphatic rings. The van der Waals surface area contributed by atoms with Gasteiger partial charge < -0.3 is 14.5 Å². The summed E-state index contributed by atoms with van der Waals surface area (Å²) in [6, 6.07) is 15.4. The van der Waals surface area contributed by atoms with E-state index in [0.717, 1.165) is 32.4 Å². The van der Waals surface area contributed by atoms with Crippen LogP contribution in [0.2, 0.25) is 0 Å². The van der Waals surface area contributed by atoms with Gasteiger partial charge in [-0.15, -0.1) is 0 Å². The summed E-state index contributed by atoms with van der Waals surface area (Å²) in [5.74, 6) is 0.487. The minimum atomic E-state index is -0.265. The quantitative estimate of drug-likeness (QED) is 0.681. The fourth-order valence-corrected chi connectivity index (χ4v) is 2.99. The zero-order valence-electron chi connectivity index (χ0n) is 12.6. The number of halogens is 1. The smallest absolute Gasteiger partial charge is 0.310 e. The van der Waals surface area contributed by atoms with E-state index in [1.54, 1.807) is 7.11 Å². The number of benzene rings is 2. The van der Waals surface area contributed by atoms with Crippen molar-refractivity contribution in [3.05, 3.63) is 64.3 Å². The zero-order chi connectivity index (χ0) is 16.2. The molecule has 0 spiro atoms. The van der Waals surface area contributed by atoms with Crippen LogP contribution in [0.1, 0.15) is 11.1 Å². The lowest BCUT2D eigenvalue weighted by Crippen LogP contribution is -2.08. The van der Waals surface area contributed by atoms with Crippen molar-refractivity contribution in [2.45, 2.75) is 13.0 Å². The van der Waals surface area contributed by atoms with E-state index in [0.29, 0.717) is 0 Å². The highest BCUT2D eigenvalue weighted by Gasteiger charge is 2.15. The highest BCUT2D eigenvalue weighted by atomic mass is 79.9. The maximum atomic E-state index is 12.1. The molecule has 0 amide bonds. The summed E-state index contributed by atoms with van der Waals surface area (Å²) in [5, 5.41) is 0.952. The molecule has 0 bridgehead atoms. The van der Waals surface area contributed by atoms with E-state index in [-0.39, 0.29) is 19.0 Å². The molecule has 23 heavy (non-hydrogen) atoms. The van der Waals surface area contributed by atoms with Gasteiger partial charge in [-0.3, -0.25) is 4.79 Å². The van der Waals surface area contributed by atoms with Gasteiger partial charge in [0.05, 0.1) is 18.1 Å². The van der Waals surface area contributed by atoms with Crippen LogP contribution in [0, 0.1) is 0 Å². The molecule has 0 fully saturated rings. The summed E-state index contributed by atoms with van der Waals surface area (Å²) >= 11 is 3.48. The maximum absolute atomic E-state index is 12.1. The predicted octanol–water partition coefficient (Wildman–Crippen LogP) is 4.22. The van der Waals surface area contributed by atoms with Crippen molar-refractivity contribution in [1.82, 2.24) is 4.98 Å². The highest BCUT2D eigenvalue weighted by molar-refractivity contribution is 9.10. The van der Waals surface area contributed by atoms with Crippen LogP contribution in [-0.4, -0.2) is 18.1 Å². The minimum absolute atomic E-state index is 0.195. The molecule has 3 aromatic rings. The Kier molecular flexibility index (Phi) is 4.67. The summed E-state index contributed by atoms with van der Waals surface area (Å²) in [6.07, 6.45) is 0.195. The molecule has 0 aliphatic carbocycles. The normalized spacial score (nSPS) is 10.7. The second-order valence-electron chi connectivity index (χ2n) is 5.15. The number of H-pyrrole nitrogens is 1. The molecule has 0 unspecified atom stereocenters. The first-order valence-corrected chi connectivity index (χ1v) is 8.00. The molecule has 0 aliphatic heterocycles. The Morgan fingerprint density at radius 3 is 2.70 bits per heavy atom. The molecule has 0 radical (unpaired) electrons. The lowest BCUT2D eigenvalue weighted by atomic mass is 10.1. The molecular formula is C18H16BrNO3. The summed E-state index contributed by atoms with van der Waals surface area (Å²) in [6.45, 7) is 0.281. The van der Waals surface area contributed by atoms with E-state index in [2.05, 4.69) is 20.9 Å². The van der Waals surface area contributed by atoms with Crippen LogP contribution in [0.5, 0.6) is 5.75 Å². The average Bonchev–Trinajstić information content (AvgIpc) is 2.89. The molecule has 1 heterocycles. The molecule has 1 N–H and O–H groups in total. The fourth-order valence-electron chi connectivity index (χ4n) is 2.43. The molecule has 118 valence electrons. The zero-order valence-corrected chi connectivity index (χ0v) is 14.2. The van der Waals surface area contributed by atoms with Gasteiger partial charge in [-0.25, -0.2) is 0 Å².